The quantitative estimate of drug-likeness (QED) is 0.702. The largest absolute Gasteiger partial charge is 0.367 e. The molecule has 0 amide bonds. The second-order valence-corrected chi connectivity index (χ2v) is 4.40. The first-order chi connectivity index (χ1) is 8.07. The van der Waals surface area contributed by atoms with E-state index in [-0.39, 0.29) is 5.78 Å². The summed E-state index contributed by atoms with van der Waals surface area (Å²) in [5.74, 6) is 0.0807. The van der Waals surface area contributed by atoms with Crippen LogP contribution in [0.3, 0.4) is 0 Å². The second kappa shape index (κ2) is 5.97. The van der Waals surface area contributed by atoms with Crippen LogP contribution >= 0.6 is 0 Å². The molecule has 0 aromatic heterocycles. The Balaban J connectivity index is 3.01. The highest BCUT2D eigenvalue weighted by Gasteiger charge is 2.32. The minimum absolute atomic E-state index is 0.0807. The summed E-state index contributed by atoms with van der Waals surface area (Å²) < 4.78 is 5.62. The third-order valence-electron chi connectivity index (χ3n) is 3.22. The fourth-order valence-corrected chi connectivity index (χ4v) is 1.88. The van der Waals surface area contributed by atoms with Crippen molar-refractivity contribution in [1.82, 2.24) is 0 Å². The molecule has 2 heteroatoms. The Morgan fingerprint density at radius 3 is 2.53 bits per heavy atom. The van der Waals surface area contributed by atoms with Crippen LogP contribution in [0.25, 0.3) is 0 Å². The highest BCUT2D eigenvalue weighted by molar-refractivity contribution is 6.02. The van der Waals surface area contributed by atoms with E-state index in [0.29, 0.717) is 13.0 Å². The molecule has 1 unspecified atom stereocenters. The molecule has 0 aliphatic carbocycles. The molecule has 2 nitrogen and oxygen atoms in total. The van der Waals surface area contributed by atoms with E-state index in [4.69, 9.17) is 4.74 Å². The number of ether oxygens (including phenoxy) is 1. The van der Waals surface area contributed by atoms with Gasteiger partial charge in [-0.3, -0.25) is 4.79 Å². The Bertz CT molecular complexity index is 384. The van der Waals surface area contributed by atoms with E-state index in [0.717, 1.165) is 12.0 Å². The summed E-state index contributed by atoms with van der Waals surface area (Å²) >= 11 is 0. The third kappa shape index (κ3) is 3.16. The molecule has 0 heterocycles. The van der Waals surface area contributed by atoms with Gasteiger partial charge in [-0.1, -0.05) is 32.0 Å². The van der Waals surface area contributed by atoms with Gasteiger partial charge < -0.3 is 4.74 Å². The van der Waals surface area contributed by atoms with E-state index < -0.39 is 5.60 Å². The fraction of sp³-hybridized carbons (Fsp3) is 0.533. The van der Waals surface area contributed by atoms with Gasteiger partial charge in [0, 0.05) is 12.2 Å². The van der Waals surface area contributed by atoms with Crippen molar-refractivity contribution in [3.63, 3.8) is 0 Å². The summed E-state index contributed by atoms with van der Waals surface area (Å²) in [4.78, 5) is 12.4. The van der Waals surface area contributed by atoms with Crippen molar-refractivity contribution in [2.75, 3.05) is 6.61 Å². The lowest BCUT2D eigenvalue weighted by molar-refractivity contribution is -0.0116. The number of benzene rings is 1. The average molecular weight is 234 g/mol. The summed E-state index contributed by atoms with van der Waals surface area (Å²) in [6.07, 6.45) is 1.63. The molecule has 1 aromatic rings. The smallest absolute Gasteiger partial charge is 0.194 e. The zero-order valence-electron chi connectivity index (χ0n) is 11.2. The molecule has 0 saturated carbocycles. The average Bonchev–Trinajstić information content (AvgIpc) is 2.38. The SMILES string of the molecule is CCOC(C)(CC)C(=O)c1cccc(CC)c1. The number of ketones is 1. The first-order valence-corrected chi connectivity index (χ1v) is 6.35. The van der Waals surface area contributed by atoms with Gasteiger partial charge in [-0.05, 0) is 38.3 Å². The van der Waals surface area contributed by atoms with E-state index >= 15 is 0 Å². The lowest BCUT2D eigenvalue weighted by atomic mass is 9.91. The van der Waals surface area contributed by atoms with Crippen molar-refractivity contribution in [2.24, 2.45) is 0 Å². The molecule has 0 fully saturated rings. The van der Waals surface area contributed by atoms with Crippen LogP contribution in [0.1, 0.15) is 50.0 Å². The number of carbonyl (C=O) groups is 1. The first-order valence-electron chi connectivity index (χ1n) is 6.35. The van der Waals surface area contributed by atoms with Crippen molar-refractivity contribution in [2.45, 2.75) is 46.1 Å². The molecule has 0 aliphatic rings. The Kier molecular flexibility index (Phi) is 4.88. The molecule has 17 heavy (non-hydrogen) atoms. The van der Waals surface area contributed by atoms with Gasteiger partial charge in [-0.25, -0.2) is 0 Å². The van der Waals surface area contributed by atoms with Crippen molar-refractivity contribution in [3.05, 3.63) is 35.4 Å². The maximum atomic E-state index is 12.4. The van der Waals surface area contributed by atoms with E-state index in [2.05, 4.69) is 6.92 Å². The van der Waals surface area contributed by atoms with E-state index in [9.17, 15) is 4.79 Å². The van der Waals surface area contributed by atoms with Crippen molar-refractivity contribution in [1.29, 1.82) is 0 Å². The maximum Gasteiger partial charge on any atom is 0.194 e. The summed E-state index contributed by atoms with van der Waals surface area (Å²) in [5, 5.41) is 0. The van der Waals surface area contributed by atoms with Gasteiger partial charge in [0.1, 0.15) is 5.60 Å². The number of rotatable bonds is 6. The normalized spacial score (nSPS) is 14.4. The third-order valence-corrected chi connectivity index (χ3v) is 3.22. The minimum Gasteiger partial charge on any atom is -0.367 e. The van der Waals surface area contributed by atoms with E-state index in [1.807, 2.05) is 45.0 Å². The zero-order valence-corrected chi connectivity index (χ0v) is 11.2. The molecular weight excluding hydrogens is 212 g/mol. The van der Waals surface area contributed by atoms with Gasteiger partial charge in [0.05, 0.1) is 0 Å². The molecular formula is C15H22O2. The van der Waals surface area contributed by atoms with Crippen LogP contribution in [0.15, 0.2) is 24.3 Å². The minimum atomic E-state index is -0.693. The van der Waals surface area contributed by atoms with Crippen LogP contribution < -0.4 is 0 Å². The monoisotopic (exact) mass is 234 g/mol. The molecule has 0 bridgehead atoms. The topological polar surface area (TPSA) is 26.3 Å². The predicted molar refractivity (Wildman–Crippen MR) is 70.5 cm³/mol. The number of Topliss-reactive ketones (excluding diaryl/α,β-unsaturated/α-hetero) is 1. The maximum absolute atomic E-state index is 12.4. The lowest BCUT2D eigenvalue weighted by Gasteiger charge is -2.26. The molecule has 0 N–H and O–H groups in total. The Hall–Kier alpha value is -1.15. The molecule has 0 radical (unpaired) electrons. The van der Waals surface area contributed by atoms with Crippen molar-refractivity contribution < 1.29 is 9.53 Å². The standard InChI is InChI=1S/C15H22O2/c1-5-12-9-8-10-13(11-12)14(16)15(4,6-2)17-7-3/h8-11H,5-7H2,1-4H3. The summed E-state index contributed by atoms with van der Waals surface area (Å²) in [6.45, 7) is 8.42. The van der Waals surface area contributed by atoms with Crippen LogP contribution in [0.4, 0.5) is 0 Å². The Morgan fingerprint density at radius 2 is 2.00 bits per heavy atom. The van der Waals surface area contributed by atoms with Crippen LogP contribution in [-0.4, -0.2) is 18.0 Å². The Labute approximate surface area is 104 Å². The number of hydrogen-bond acceptors (Lipinski definition) is 2. The van der Waals surface area contributed by atoms with Gasteiger partial charge in [0.25, 0.3) is 0 Å². The van der Waals surface area contributed by atoms with E-state index in [1.165, 1.54) is 5.56 Å². The number of hydrogen-bond donors (Lipinski definition) is 0. The van der Waals surface area contributed by atoms with Gasteiger partial charge in [0.15, 0.2) is 5.78 Å². The van der Waals surface area contributed by atoms with Gasteiger partial charge in [-0.2, -0.15) is 0 Å². The van der Waals surface area contributed by atoms with Crippen LogP contribution in [0, 0.1) is 0 Å². The highest BCUT2D eigenvalue weighted by atomic mass is 16.5. The van der Waals surface area contributed by atoms with Crippen molar-refractivity contribution >= 4 is 5.78 Å². The molecule has 1 atom stereocenters. The lowest BCUT2D eigenvalue weighted by Crippen LogP contribution is -2.38. The second-order valence-electron chi connectivity index (χ2n) is 4.40. The predicted octanol–water partition coefficient (Wildman–Crippen LogP) is 3.64. The number of aryl methyl sites for hydroxylation is 1. The highest BCUT2D eigenvalue weighted by Crippen LogP contribution is 2.22. The first kappa shape index (κ1) is 13.9. The molecule has 1 aromatic carbocycles. The van der Waals surface area contributed by atoms with Crippen molar-refractivity contribution in [3.8, 4) is 0 Å². The summed E-state index contributed by atoms with van der Waals surface area (Å²) in [6, 6.07) is 7.82. The van der Waals surface area contributed by atoms with E-state index in [1.54, 1.807) is 0 Å². The van der Waals surface area contributed by atoms with Gasteiger partial charge in [0.2, 0.25) is 0 Å². The summed E-state index contributed by atoms with van der Waals surface area (Å²) in [5.41, 5.74) is 1.24. The molecule has 0 saturated heterocycles. The zero-order chi connectivity index (χ0) is 12.9. The molecule has 1 rings (SSSR count). The van der Waals surface area contributed by atoms with Crippen LogP contribution in [0.2, 0.25) is 0 Å². The number of carbonyl (C=O) groups excluding carboxylic acids is 1. The molecule has 0 aliphatic heterocycles. The fourth-order valence-electron chi connectivity index (χ4n) is 1.88. The van der Waals surface area contributed by atoms with Crippen LogP contribution in [-0.2, 0) is 11.2 Å². The Morgan fingerprint density at radius 1 is 1.29 bits per heavy atom. The summed E-state index contributed by atoms with van der Waals surface area (Å²) in [7, 11) is 0. The van der Waals surface area contributed by atoms with Gasteiger partial charge >= 0.3 is 0 Å². The van der Waals surface area contributed by atoms with Crippen LogP contribution in [0.5, 0.6) is 0 Å². The molecule has 0 spiro atoms. The van der Waals surface area contributed by atoms with Gasteiger partial charge in [-0.15, -0.1) is 0 Å². The molecule has 94 valence electrons.